The van der Waals surface area contributed by atoms with Crippen LogP contribution in [0.4, 0.5) is 0 Å². The number of rotatable bonds is 6. The largest absolute Gasteiger partial charge is 0.482 e. The van der Waals surface area contributed by atoms with Gasteiger partial charge in [0, 0.05) is 12.1 Å². The van der Waals surface area contributed by atoms with Crippen LogP contribution >= 0.6 is 11.6 Å². The molecule has 2 aromatic carbocycles. The van der Waals surface area contributed by atoms with E-state index < -0.39 is 0 Å². The number of ether oxygens (including phenoxy) is 1. The second kappa shape index (κ2) is 8.20. The number of halogens is 1. The molecule has 1 amide bonds. The number of hydrogen-bond donors (Lipinski definition) is 1. The Balaban J connectivity index is 1.78. The van der Waals surface area contributed by atoms with Gasteiger partial charge in [-0.3, -0.25) is 4.79 Å². The minimum Gasteiger partial charge on any atom is -0.482 e. The average Bonchev–Trinajstić information content (AvgIpc) is 2.55. The number of benzene rings is 2. The minimum absolute atomic E-state index is 0.117. The van der Waals surface area contributed by atoms with E-state index in [4.69, 9.17) is 16.3 Å². The fourth-order valence-electron chi connectivity index (χ4n) is 1.80. The van der Waals surface area contributed by atoms with Crippen LogP contribution in [0.1, 0.15) is 18.4 Å². The van der Waals surface area contributed by atoms with Gasteiger partial charge in [0.25, 0.3) is 5.91 Å². The monoisotopic (exact) mass is 316 g/mol. The van der Waals surface area contributed by atoms with Crippen molar-refractivity contribution in [2.75, 3.05) is 6.61 Å². The summed E-state index contributed by atoms with van der Waals surface area (Å²) in [5, 5.41) is 4.41. The minimum atomic E-state index is -0.337. The van der Waals surface area contributed by atoms with Crippen LogP contribution in [-0.2, 0) is 4.79 Å². The van der Waals surface area contributed by atoms with Gasteiger partial charge in [-0.2, -0.15) is 5.10 Å². The van der Waals surface area contributed by atoms with E-state index >= 15 is 0 Å². The zero-order valence-corrected chi connectivity index (χ0v) is 13.0. The van der Waals surface area contributed by atoms with E-state index in [1.165, 1.54) is 0 Å². The molecule has 0 aliphatic rings. The summed E-state index contributed by atoms with van der Waals surface area (Å²) in [6.07, 6.45) is 1.68. The standard InChI is InChI=1S/C17H17ClN2O2/c1-13(14-7-3-2-4-8-14)11-19-20-17(21)12-22-16-10-6-5-9-15(16)18/h2-11,13H,12H2,1H3,(H,20,21)/b19-11-/t13-/m0/s1. The molecule has 1 atom stereocenters. The predicted molar refractivity (Wildman–Crippen MR) is 88.4 cm³/mol. The average molecular weight is 317 g/mol. The molecule has 0 radical (unpaired) electrons. The smallest absolute Gasteiger partial charge is 0.277 e. The van der Waals surface area contributed by atoms with Gasteiger partial charge in [-0.1, -0.05) is 61.0 Å². The summed E-state index contributed by atoms with van der Waals surface area (Å²) in [4.78, 5) is 11.7. The first-order valence-electron chi connectivity index (χ1n) is 6.91. The van der Waals surface area contributed by atoms with Crippen molar-refractivity contribution >= 4 is 23.7 Å². The lowest BCUT2D eigenvalue weighted by Gasteiger charge is -2.07. The number of hydrogen-bond acceptors (Lipinski definition) is 3. The van der Waals surface area contributed by atoms with Gasteiger partial charge in [0.05, 0.1) is 5.02 Å². The molecule has 0 bridgehead atoms. The third-order valence-electron chi connectivity index (χ3n) is 3.01. The Kier molecular flexibility index (Phi) is 5.98. The van der Waals surface area contributed by atoms with Crippen molar-refractivity contribution in [1.82, 2.24) is 5.43 Å². The van der Waals surface area contributed by atoms with Crippen LogP contribution in [0.15, 0.2) is 59.7 Å². The molecule has 0 saturated heterocycles. The van der Waals surface area contributed by atoms with E-state index in [1.807, 2.05) is 37.3 Å². The molecule has 1 N–H and O–H groups in total. The molecule has 2 aromatic rings. The van der Waals surface area contributed by atoms with Crippen LogP contribution in [0.2, 0.25) is 5.02 Å². The molecule has 0 fully saturated rings. The summed E-state index contributed by atoms with van der Waals surface area (Å²) in [5.74, 6) is 0.253. The van der Waals surface area contributed by atoms with Gasteiger partial charge in [-0.25, -0.2) is 5.43 Å². The molecule has 114 valence electrons. The lowest BCUT2D eigenvalue weighted by Crippen LogP contribution is -2.24. The summed E-state index contributed by atoms with van der Waals surface area (Å²) in [7, 11) is 0. The first-order chi connectivity index (χ1) is 10.7. The first-order valence-corrected chi connectivity index (χ1v) is 7.29. The van der Waals surface area contributed by atoms with E-state index in [1.54, 1.807) is 30.5 Å². The molecular formula is C17H17ClN2O2. The molecule has 0 aromatic heterocycles. The Morgan fingerprint density at radius 1 is 1.23 bits per heavy atom. The molecule has 0 aliphatic heterocycles. The van der Waals surface area contributed by atoms with E-state index in [2.05, 4.69) is 10.5 Å². The second-order valence-corrected chi connectivity index (χ2v) is 5.14. The van der Waals surface area contributed by atoms with Crippen molar-refractivity contribution in [3.63, 3.8) is 0 Å². The highest BCUT2D eigenvalue weighted by atomic mass is 35.5. The molecule has 0 heterocycles. The van der Waals surface area contributed by atoms with Crippen LogP contribution < -0.4 is 10.2 Å². The molecule has 2 rings (SSSR count). The van der Waals surface area contributed by atoms with Crippen LogP contribution in [0.3, 0.4) is 0 Å². The van der Waals surface area contributed by atoms with Crippen molar-refractivity contribution in [2.24, 2.45) is 5.10 Å². The lowest BCUT2D eigenvalue weighted by atomic mass is 10.0. The van der Waals surface area contributed by atoms with Crippen molar-refractivity contribution in [2.45, 2.75) is 12.8 Å². The highest BCUT2D eigenvalue weighted by Crippen LogP contribution is 2.22. The molecule has 4 nitrogen and oxygen atoms in total. The Hall–Kier alpha value is -2.33. The molecular weight excluding hydrogens is 300 g/mol. The molecule has 5 heteroatoms. The Bertz CT molecular complexity index is 644. The number of nitrogens with zero attached hydrogens (tertiary/aromatic N) is 1. The maximum absolute atomic E-state index is 11.7. The van der Waals surface area contributed by atoms with E-state index in [0.29, 0.717) is 10.8 Å². The number of amides is 1. The van der Waals surface area contributed by atoms with Gasteiger partial charge in [0.1, 0.15) is 5.75 Å². The molecule has 0 saturated carbocycles. The van der Waals surface area contributed by atoms with E-state index in [-0.39, 0.29) is 18.4 Å². The van der Waals surface area contributed by atoms with Gasteiger partial charge in [-0.05, 0) is 17.7 Å². The number of carbonyl (C=O) groups is 1. The van der Waals surface area contributed by atoms with Gasteiger partial charge in [0.15, 0.2) is 6.61 Å². The second-order valence-electron chi connectivity index (χ2n) is 4.73. The highest BCUT2D eigenvalue weighted by Gasteiger charge is 2.05. The Morgan fingerprint density at radius 3 is 2.64 bits per heavy atom. The van der Waals surface area contributed by atoms with Gasteiger partial charge in [0.2, 0.25) is 0 Å². The van der Waals surface area contributed by atoms with Gasteiger partial charge >= 0.3 is 0 Å². The van der Waals surface area contributed by atoms with Crippen molar-refractivity contribution in [3.05, 3.63) is 65.2 Å². The third-order valence-corrected chi connectivity index (χ3v) is 3.32. The molecule has 22 heavy (non-hydrogen) atoms. The molecule has 0 aliphatic carbocycles. The van der Waals surface area contributed by atoms with Crippen molar-refractivity contribution in [3.8, 4) is 5.75 Å². The van der Waals surface area contributed by atoms with Gasteiger partial charge < -0.3 is 4.74 Å². The highest BCUT2D eigenvalue weighted by molar-refractivity contribution is 6.32. The zero-order chi connectivity index (χ0) is 15.8. The third kappa shape index (κ3) is 4.90. The van der Waals surface area contributed by atoms with Crippen molar-refractivity contribution in [1.29, 1.82) is 0 Å². The number of carbonyl (C=O) groups excluding carboxylic acids is 1. The molecule has 0 unspecified atom stereocenters. The number of nitrogens with one attached hydrogen (secondary N) is 1. The molecule has 0 spiro atoms. The summed E-state index contributed by atoms with van der Waals surface area (Å²) in [6, 6.07) is 16.9. The maximum Gasteiger partial charge on any atom is 0.277 e. The van der Waals surface area contributed by atoms with Crippen LogP contribution in [0.25, 0.3) is 0 Å². The number of hydrazone groups is 1. The summed E-state index contributed by atoms with van der Waals surface area (Å²) < 4.78 is 5.32. The number of para-hydroxylation sites is 1. The maximum atomic E-state index is 11.7. The fraction of sp³-hybridized carbons (Fsp3) is 0.176. The Morgan fingerprint density at radius 2 is 1.91 bits per heavy atom. The summed E-state index contributed by atoms with van der Waals surface area (Å²) in [5.41, 5.74) is 3.57. The predicted octanol–water partition coefficient (Wildman–Crippen LogP) is 3.62. The van der Waals surface area contributed by atoms with Crippen LogP contribution in [-0.4, -0.2) is 18.7 Å². The fourth-order valence-corrected chi connectivity index (χ4v) is 1.99. The van der Waals surface area contributed by atoms with E-state index in [9.17, 15) is 4.79 Å². The van der Waals surface area contributed by atoms with Gasteiger partial charge in [-0.15, -0.1) is 0 Å². The topological polar surface area (TPSA) is 50.7 Å². The first kappa shape index (κ1) is 16.0. The van der Waals surface area contributed by atoms with Crippen molar-refractivity contribution < 1.29 is 9.53 Å². The summed E-state index contributed by atoms with van der Waals surface area (Å²) in [6.45, 7) is 1.87. The summed E-state index contributed by atoms with van der Waals surface area (Å²) >= 11 is 5.94. The Labute approximate surface area is 134 Å². The lowest BCUT2D eigenvalue weighted by molar-refractivity contribution is -0.123. The SMILES string of the molecule is C[C@@H](/C=N\NC(=O)COc1ccccc1Cl)c1ccccc1. The van der Waals surface area contributed by atoms with Crippen LogP contribution in [0, 0.1) is 0 Å². The quantitative estimate of drug-likeness (QED) is 0.653. The van der Waals surface area contributed by atoms with E-state index in [0.717, 1.165) is 5.56 Å². The van der Waals surface area contributed by atoms with Crippen LogP contribution in [0.5, 0.6) is 5.75 Å². The normalized spacial score (nSPS) is 12.1. The zero-order valence-electron chi connectivity index (χ0n) is 12.2.